The minimum absolute atomic E-state index is 0.530. The summed E-state index contributed by atoms with van der Waals surface area (Å²) in [4.78, 5) is 0. The van der Waals surface area contributed by atoms with E-state index in [9.17, 15) is 13.2 Å². The Bertz CT molecular complexity index is 169. The summed E-state index contributed by atoms with van der Waals surface area (Å²) in [6.07, 6.45) is 1.44. The van der Waals surface area contributed by atoms with E-state index >= 15 is 0 Å². The molecule has 1 atom stereocenters. The standard InChI is InChI=1S/C9H14F3N/c1-3-4-5-6-13-8(2)7-9(10,11)12/h1,8,13H,4-7H2,2H3. The van der Waals surface area contributed by atoms with Gasteiger partial charge in [0.25, 0.3) is 0 Å². The summed E-state index contributed by atoms with van der Waals surface area (Å²) in [6, 6.07) is -0.530. The Morgan fingerprint density at radius 3 is 2.54 bits per heavy atom. The molecule has 13 heavy (non-hydrogen) atoms. The number of unbranched alkanes of at least 4 members (excludes halogenated alkanes) is 1. The molecule has 0 saturated carbocycles. The van der Waals surface area contributed by atoms with Crippen LogP contribution in [0.1, 0.15) is 26.2 Å². The molecule has 4 heteroatoms. The van der Waals surface area contributed by atoms with Gasteiger partial charge in [0, 0.05) is 12.5 Å². The summed E-state index contributed by atoms with van der Waals surface area (Å²) in [5, 5.41) is 2.76. The monoisotopic (exact) mass is 193 g/mol. The Morgan fingerprint density at radius 1 is 1.46 bits per heavy atom. The highest BCUT2D eigenvalue weighted by molar-refractivity contribution is 4.83. The quantitative estimate of drug-likeness (QED) is 0.522. The van der Waals surface area contributed by atoms with Gasteiger partial charge in [-0.15, -0.1) is 12.3 Å². The number of hydrogen-bond donors (Lipinski definition) is 1. The van der Waals surface area contributed by atoms with Crippen molar-refractivity contribution in [3.8, 4) is 12.3 Å². The highest BCUT2D eigenvalue weighted by Crippen LogP contribution is 2.21. The maximum absolute atomic E-state index is 11.8. The van der Waals surface area contributed by atoms with E-state index in [1.54, 1.807) is 0 Å². The molecule has 0 rings (SSSR count). The van der Waals surface area contributed by atoms with Crippen LogP contribution in [0.4, 0.5) is 13.2 Å². The maximum atomic E-state index is 11.8. The van der Waals surface area contributed by atoms with Crippen LogP contribution in [0.25, 0.3) is 0 Å². The minimum Gasteiger partial charge on any atom is -0.314 e. The largest absolute Gasteiger partial charge is 0.390 e. The van der Waals surface area contributed by atoms with Crippen LogP contribution in [-0.2, 0) is 0 Å². The summed E-state index contributed by atoms with van der Waals surface area (Å²) in [7, 11) is 0. The molecule has 0 saturated heterocycles. The van der Waals surface area contributed by atoms with Crippen LogP contribution < -0.4 is 5.32 Å². The third-order valence-electron chi connectivity index (χ3n) is 1.53. The first kappa shape index (κ1) is 12.3. The Labute approximate surface area is 76.7 Å². The Hall–Kier alpha value is -0.690. The van der Waals surface area contributed by atoms with Gasteiger partial charge in [-0.05, 0) is 19.9 Å². The van der Waals surface area contributed by atoms with Gasteiger partial charge in [-0.1, -0.05) is 0 Å². The molecule has 0 heterocycles. The molecule has 0 fully saturated rings. The highest BCUT2D eigenvalue weighted by atomic mass is 19.4. The molecule has 0 bridgehead atoms. The second-order valence-electron chi connectivity index (χ2n) is 2.98. The first-order valence-electron chi connectivity index (χ1n) is 4.19. The Kier molecular flexibility index (Phi) is 5.56. The van der Waals surface area contributed by atoms with Crippen molar-refractivity contribution in [3.63, 3.8) is 0 Å². The van der Waals surface area contributed by atoms with Gasteiger partial charge < -0.3 is 5.32 Å². The first-order valence-corrected chi connectivity index (χ1v) is 4.19. The molecule has 0 amide bonds. The predicted molar refractivity (Wildman–Crippen MR) is 46.2 cm³/mol. The van der Waals surface area contributed by atoms with Crippen molar-refractivity contribution >= 4 is 0 Å². The fraction of sp³-hybridized carbons (Fsp3) is 0.778. The molecule has 0 aromatic carbocycles. The normalized spacial score (nSPS) is 13.8. The second-order valence-corrected chi connectivity index (χ2v) is 2.98. The summed E-state index contributed by atoms with van der Waals surface area (Å²) < 4.78 is 35.4. The molecule has 1 N–H and O–H groups in total. The lowest BCUT2D eigenvalue weighted by Crippen LogP contribution is -2.31. The van der Waals surface area contributed by atoms with Gasteiger partial charge in [0.1, 0.15) is 0 Å². The van der Waals surface area contributed by atoms with Crippen LogP contribution in [0.2, 0.25) is 0 Å². The van der Waals surface area contributed by atoms with Gasteiger partial charge in [0.2, 0.25) is 0 Å². The molecule has 1 unspecified atom stereocenters. The van der Waals surface area contributed by atoms with Crippen molar-refractivity contribution in [2.24, 2.45) is 0 Å². The van der Waals surface area contributed by atoms with Gasteiger partial charge >= 0.3 is 6.18 Å². The van der Waals surface area contributed by atoms with E-state index in [4.69, 9.17) is 6.42 Å². The molecule has 0 aliphatic rings. The topological polar surface area (TPSA) is 12.0 Å². The molecule has 0 aliphatic carbocycles. The van der Waals surface area contributed by atoms with Crippen LogP contribution in [0.5, 0.6) is 0 Å². The molecule has 0 aliphatic heterocycles. The molecule has 0 aromatic heterocycles. The van der Waals surface area contributed by atoms with E-state index in [2.05, 4.69) is 11.2 Å². The van der Waals surface area contributed by atoms with Crippen LogP contribution in [0, 0.1) is 12.3 Å². The van der Waals surface area contributed by atoms with Crippen molar-refractivity contribution in [1.29, 1.82) is 0 Å². The van der Waals surface area contributed by atoms with Gasteiger partial charge in [0.05, 0.1) is 6.42 Å². The average molecular weight is 193 g/mol. The second kappa shape index (κ2) is 5.87. The predicted octanol–water partition coefficient (Wildman–Crippen LogP) is 2.33. The SMILES string of the molecule is C#CCCCNC(C)CC(F)(F)F. The summed E-state index contributed by atoms with van der Waals surface area (Å²) in [5.74, 6) is 2.43. The number of rotatable bonds is 5. The third kappa shape index (κ3) is 9.22. The van der Waals surface area contributed by atoms with Crippen molar-refractivity contribution in [1.82, 2.24) is 5.32 Å². The van der Waals surface area contributed by atoms with E-state index in [1.165, 1.54) is 6.92 Å². The number of halogens is 3. The van der Waals surface area contributed by atoms with Crippen molar-refractivity contribution in [3.05, 3.63) is 0 Å². The van der Waals surface area contributed by atoms with Gasteiger partial charge in [-0.2, -0.15) is 13.2 Å². The number of terminal acetylenes is 1. The van der Waals surface area contributed by atoms with E-state index in [1.807, 2.05) is 0 Å². The van der Waals surface area contributed by atoms with Crippen LogP contribution in [0.3, 0.4) is 0 Å². The van der Waals surface area contributed by atoms with Gasteiger partial charge in [-0.3, -0.25) is 0 Å². The molecular weight excluding hydrogens is 179 g/mol. The fourth-order valence-electron chi connectivity index (χ4n) is 0.958. The van der Waals surface area contributed by atoms with Crippen molar-refractivity contribution < 1.29 is 13.2 Å². The van der Waals surface area contributed by atoms with Crippen molar-refractivity contribution in [2.75, 3.05) is 6.54 Å². The first-order chi connectivity index (χ1) is 5.95. The average Bonchev–Trinajstić information content (AvgIpc) is 1.94. The summed E-state index contributed by atoms with van der Waals surface area (Å²) in [5.41, 5.74) is 0. The molecular formula is C9H14F3N. The molecule has 1 nitrogen and oxygen atoms in total. The van der Waals surface area contributed by atoms with Crippen molar-refractivity contribution in [2.45, 2.75) is 38.4 Å². The lowest BCUT2D eigenvalue weighted by molar-refractivity contribution is -0.139. The summed E-state index contributed by atoms with van der Waals surface area (Å²) >= 11 is 0. The highest BCUT2D eigenvalue weighted by Gasteiger charge is 2.29. The fourth-order valence-corrected chi connectivity index (χ4v) is 0.958. The zero-order chi connectivity index (χ0) is 10.3. The number of nitrogens with one attached hydrogen (secondary N) is 1. The number of hydrogen-bond acceptors (Lipinski definition) is 1. The zero-order valence-corrected chi connectivity index (χ0v) is 7.62. The Balaban J connectivity index is 3.42. The van der Waals surface area contributed by atoms with Crippen LogP contribution in [-0.4, -0.2) is 18.8 Å². The third-order valence-corrected chi connectivity index (χ3v) is 1.53. The Morgan fingerprint density at radius 2 is 2.08 bits per heavy atom. The maximum Gasteiger partial charge on any atom is 0.390 e. The zero-order valence-electron chi connectivity index (χ0n) is 7.62. The molecule has 0 radical (unpaired) electrons. The molecule has 0 spiro atoms. The van der Waals surface area contributed by atoms with E-state index in [-0.39, 0.29) is 0 Å². The van der Waals surface area contributed by atoms with Gasteiger partial charge in [-0.25, -0.2) is 0 Å². The molecule has 0 aromatic rings. The lowest BCUT2D eigenvalue weighted by atomic mass is 10.2. The van der Waals surface area contributed by atoms with E-state index in [0.717, 1.165) is 6.42 Å². The van der Waals surface area contributed by atoms with Crippen LogP contribution in [0.15, 0.2) is 0 Å². The number of alkyl halides is 3. The molecule has 76 valence electrons. The van der Waals surface area contributed by atoms with E-state index in [0.29, 0.717) is 13.0 Å². The smallest absolute Gasteiger partial charge is 0.314 e. The van der Waals surface area contributed by atoms with Gasteiger partial charge in [0.15, 0.2) is 0 Å². The minimum atomic E-state index is -4.08. The lowest BCUT2D eigenvalue weighted by Gasteiger charge is -2.15. The van der Waals surface area contributed by atoms with E-state index < -0.39 is 18.6 Å². The summed E-state index contributed by atoms with van der Waals surface area (Å²) in [6.45, 7) is 2.06. The van der Waals surface area contributed by atoms with Crippen LogP contribution >= 0.6 is 0 Å².